The van der Waals surface area contributed by atoms with Gasteiger partial charge in [-0.15, -0.1) is 24.0 Å². The summed E-state index contributed by atoms with van der Waals surface area (Å²) in [6.45, 7) is 8.97. The van der Waals surface area contributed by atoms with Gasteiger partial charge in [0.05, 0.1) is 18.9 Å². The zero-order chi connectivity index (χ0) is 19.7. The van der Waals surface area contributed by atoms with Crippen LogP contribution in [0.25, 0.3) is 0 Å². The van der Waals surface area contributed by atoms with Gasteiger partial charge in [0.1, 0.15) is 5.75 Å². The Balaban J connectivity index is 0.00000676. The molecule has 0 saturated carbocycles. The molecule has 0 bridgehead atoms. The molecule has 0 fully saturated rings. The van der Waals surface area contributed by atoms with E-state index in [1.54, 1.807) is 14.2 Å². The average molecular weight is 512 g/mol. The molecule has 1 unspecified atom stereocenters. The van der Waals surface area contributed by atoms with Crippen LogP contribution in [-0.2, 0) is 10.0 Å². The van der Waals surface area contributed by atoms with E-state index in [2.05, 4.69) is 21.7 Å². The maximum atomic E-state index is 12.2. The van der Waals surface area contributed by atoms with E-state index < -0.39 is 10.0 Å². The molecule has 0 radical (unpaired) electrons. The first-order chi connectivity index (χ1) is 12.3. The monoisotopic (exact) mass is 512 g/mol. The number of benzene rings is 1. The fraction of sp³-hybridized carbons (Fsp3) is 0.611. The maximum absolute atomic E-state index is 12.2. The van der Waals surface area contributed by atoms with Crippen molar-refractivity contribution in [2.75, 3.05) is 39.5 Å². The molecule has 1 atom stereocenters. The van der Waals surface area contributed by atoms with Crippen LogP contribution in [0.5, 0.6) is 5.75 Å². The second kappa shape index (κ2) is 12.4. The molecule has 0 spiro atoms. The van der Waals surface area contributed by atoms with Crippen molar-refractivity contribution in [3.05, 3.63) is 29.3 Å². The van der Waals surface area contributed by atoms with Crippen molar-refractivity contribution in [3.8, 4) is 5.75 Å². The number of halogens is 1. The lowest BCUT2D eigenvalue weighted by molar-refractivity contribution is 0.405. The fourth-order valence-corrected chi connectivity index (χ4v) is 4.12. The number of aryl methyl sites for hydroxylation is 1. The van der Waals surface area contributed by atoms with E-state index >= 15 is 0 Å². The summed E-state index contributed by atoms with van der Waals surface area (Å²) < 4.78 is 31.4. The zero-order valence-corrected chi connectivity index (χ0v) is 20.2. The maximum Gasteiger partial charge on any atom is 0.215 e. The summed E-state index contributed by atoms with van der Waals surface area (Å²) in [5.74, 6) is 1.38. The van der Waals surface area contributed by atoms with Crippen molar-refractivity contribution in [2.24, 2.45) is 4.99 Å². The van der Waals surface area contributed by atoms with Crippen molar-refractivity contribution >= 4 is 40.0 Å². The predicted molar refractivity (Wildman–Crippen MR) is 123 cm³/mol. The Morgan fingerprint density at radius 1 is 1.30 bits per heavy atom. The van der Waals surface area contributed by atoms with Crippen LogP contribution in [0.15, 0.2) is 23.2 Å². The summed E-state index contributed by atoms with van der Waals surface area (Å²) in [5.41, 5.74) is 2.16. The van der Waals surface area contributed by atoms with E-state index in [1.807, 2.05) is 39.8 Å². The van der Waals surface area contributed by atoms with Crippen molar-refractivity contribution in [3.63, 3.8) is 0 Å². The number of rotatable bonds is 9. The highest BCUT2D eigenvalue weighted by atomic mass is 127. The highest BCUT2D eigenvalue weighted by Crippen LogP contribution is 2.25. The van der Waals surface area contributed by atoms with Gasteiger partial charge in [0.15, 0.2) is 5.96 Å². The van der Waals surface area contributed by atoms with E-state index in [-0.39, 0.29) is 42.3 Å². The van der Waals surface area contributed by atoms with Crippen LogP contribution in [0.4, 0.5) is 0 Å². The lowest BCUT2D eigenvalue weighted by Gasteiger charge is -2.22. The summed E-state index contributed by atoms with van der Waals surface area (Å²) in [7, 11) is 0.0507. The van der Waals surface area contributed by atoms with Crippen LogP contribution < -0.4 is 15.4 Å². The van der Waals surface area contributed by atoms with Gasteiger partial charge in [-0.3, -0.25) is 4.99 Å². The van der Waals surface area contributed by atoms with Gasteiger partial charge < -0.3 is 15.4 Å². The molecule has 0 saturated heterocycles. The Morgan fingerprint density at radius 3 is 2.44 bits per heavy atom. The molecule has 1 aromatic carbocycles. The van der Waals surface area contributed by atoms with Gasteiger partial charge in [0.25, 0.3) is 0 Å². The minimum Gasteiger partial charge on any atom is -0.496 e. The van der Waals surface area contributed by atoms with Gasteiger partial charge >= 0.3 is 0 Å². The molecular formula is C18H33IN4O3S. The van der Waals surface area contributed by atoms with Crippen molar-refractivity contribution in [1.82, 2.24) is 14.9 Å². The topological polar surface area (TPSA) is 83.0 Å². The number of nitrogens with one attached hydrogen (secondary N) is 2. The van der Waals surface area contributed by atoms with Crippen LogP contribution in [-0.4, -0.2) is 58.2 Å². The molecule has 0 aromatic heterocycles. The number of nitrogens with zero attached hydrogens (tertiary/aromatic N) is 2. The number of aliphatic imine (C=N–C) groups is 1. The van der Waals surface area contributed by atoms with Crippen molar-refractivity contribution in [1.29, 1.82) is 0 Å². The molecule has 0 aliphatic carbocycles. The van der Waals surface area contributed by atoms with E-state index in [0.29, 0.717) is 19.0 Å². The fourth-order valence-electron chi connectivity index (χ4n) is 2.71. The molecule has 1 aromatic rings. The van der Waals surface area contributed by atoms with Gasteiger partial charge in [-0.05, 0) is 19.9 Å². The quantitative estimate of drug-likeness (QED) is 0.302. The predicted octanol–water partition coefficient (Wildman–Crippen LogP) is 2.52. The number of methoxy groups -OCH3 is 1. The second-order valence-electron chi connectivity index (χ2n) is 6.01. The van der Waals surface area contributed by atoms with Gasteiger partial charge in [0.2, 0.25) is 10.0 Å². The Morgan fingerprint density at radius 2 is 1.93 bits per heavy atom. The second-order valence-corrected chi connectivity index (χ2v) is 8.10. The molecule has 0 amide bonds. The van der Waals surface area contributed by atoms with Crippen LogP contribution in [0.2, 0.25) is 0 Å². The number of guanidine groups is 1. The first-order valence-corrected chi connectivity index (χ1v) is 10.5. The number of hydrogen-bond donors (Lipinski definition) is 2. The molecule has 0 aliphatic heterocycles. The number of hydrogen-bond acceptors (Lipinski definition) is 4. The Kier molecular flexibility index (Phi) is 11.9. The van der Waals surface area contributed by atoms with Crippen LogP contribution >= 0.6 is 24.0 Å². The van der Waals surface area contributed by atoms with Gasteiger partial charge in [-0.1, -0.05) is 31.5 Å². The first kappa shape index (κ1) is 25.9. The molecule has 27 heavy (non-hydrogen) atoms. The van der Waals surface area contributed by atoms with Gasteiger partial charge in [-0.2, -0.15) is 0 Å². The third-order valence-corrected chi connectivity index (χ3v) is 6.20. The van der Waals surface area contributed by atoms with E-state index in [0.717, 1.165) is 16.9 Å². The third kappa shape index (κ3) is 7.82. The van der Waals surface area contributed by atoms with Crippen LogP contribution in [0.1, 0.15) is 37.9 Å². The van der Waals surface area contributed by atoms with Gasteiger partial charge in [-0.25, -0.2) is 12.7 Å². The smallest absolute Gasteiger partial charge is 0.215 e. The number of sulfonamides is 1. The molecule has 1 rings (SSSR count). The lowest BCUT2D eigenvalue weighted by Crippen LogP contribution is -2.42. The summed E-state index contributed by atoms with van der Waals surface area (Å²) in [5, 5.41) is 6.35. The third-order valence-electron chi connectivity index (χ3n) is 4.18. The largest absolute Gasteiger partial charge is 0.496 e. The summed E-state index contributed by atoms with van der Waals surface area (Å²) in [6, 6.07) is 5.96. The SMILES string of the molecule is CCN(CC)S(=O)(=O)CCNC(=NC)NC(C)c1cc(C)ccc1OC.I. The Bertz CT molecular complexity index is 707. The van der Waals surface area contributed by atoms with Crippen LogP contribution in [0, 0.1) is 6.92 Å². The molecule has 156 valence electrons. The Labute approximate surface area is 181 Å². The molecule has 0 aliphatic rings. The van der Waals surface area contributed by atoms with E-state index in [4.69, 9.17) is 4.74 Å². The minimum absolute atomic E-state index is 0. The summed E-state index contributed by atoms with van der Waals surface area (Å²) >= 11 is 0. The lowest BCUT2D eigenvalue weighted by atomic mass is 10.0. The molecule has 2 N–H and O–H groups in total. The Hall–Kier alpha value is -1.07. The zero-order valence-electron chi connectivity index (χ0n) is 17.1. The average Bonchev–Trinajstić information content (AvgIpc) is 2.61. The van der Waals surface area contributed by atoms with Crippen LogP contribution in [0.3, 0.4) is 0 Å². The standard InChI is InChI=1S/C18H32N4O3S.HI/c1-7-22(8-2)26(23,24)12-11-20-18(19-5)21-15(4)16-13-14(3)9-10-17(16)25-6;/h9-10,13,15H,7-8,11-12H2,1-6H3,(H2,19,20,21);1H. The highest BCUT2D eigenvalue weighted by molar-refractivity contribution is 14.0. The normalized spacial score (nSPS) is 13.1. The first-order valence-electron chi connectivity index (χ1n) is 8.88. The highest BCUT2D eigenvalue weighted by Gasteiger charge is 2.19. The van der Waals surface area contributed by atoms with E-state index in [9.17, 15) is 8.42 Å². The minimum atomic E-state index is -3.26. The summed E-state index contributed by atoms with van der Waals surface area (Å²) in [6.07, 6.45) is 0. The van der Waals surface area contributed by atoms with Crippen molar-refractivity contribution in [2.45, 2.75) is 33.7 Å². The molecule has 9 heteroatoms. The molecular weight excluding hydrogens is 479 g/mol. The molecule has 0 heterocycles. The number of ether oxygens (including phenoxy) is 1. The van der Waals surface area contributed by atoms with Crippen molar-refractivity contribution < 1.29 is 13.2 Å². The van der Waals surface area contributed by atoms with E-state index in [1.165, 1.54) is 4.31 Å². The molecule has 7 nitrogen and oxygen atoms in total. The summed E-state index contributed by atoms with van der Waals surface area (Å²) in [4.78, 5) is 4.18. The van der Waals surface area contributed by atoms with Gasteiger partial charge in [0, 0.05) is 32.2 Å².